The number of rotatable bonds is 5. The number of sulfonamides is 1. The second kappa shape index (κ2) is 7.71. The van der Waals surface area contributed by atoms with E-state index in [9.17, 15) is 18.0 Å². The van der Waals surface area contributed by atoms with Gasteiger partial charge in [0.1, 0.15) is 4.88 Å². The van der Waals surface area contributed by atoms with Crippen molar-refractivity contribution in [3.63, 3.8) is 0 Å². The van der Waals surface area contributed by atoms with Gasteiger partial charge in [-0.3, -0.25) is 9.36 Å². The van der Waals surface area contributed by atoms with Crippen molar-refractivity contribution in [1.82, 2.24) is 8.87 Å². The van der Waals surface area contributed by atoms with Gasteiger partial charge in [-0.05, 0) is 36.1 Å². The minimum Gasteiger partial charge on any atom is -0.440 e. The Labute approximate surface area is 171 Å². The van der Waals surface area contributed by atoms with E-state index in [2.05, 4.69) is 0 Å². The molecule has 0 amide bonds. The van der Waals surface area contributed by atoms with Gasteiger partial charge in [-0.15, -0.1) is 11.3 Å². The molecule has 2 aromatic heterocycles. The molecule has 0 saturated carbocycles. The Morgan fingerprint density at radius 1 is 1.21 bits per heavy atom. The number of ether oxygens (including phenoxy) is 1. The van der Waals surface area contributed by atoms with Gasteiger partial charge in [-0.2, -0.15) is 4.31 Å². The highest BCUT2D eigenvalue weighted by molar-refractivity contribution is 7.89. The smallest absolute Gasteiger partial charge is 0.350 e. The Bertz CT molecular complexity index is 1220. The lowest BCUT2D eigenvalue weighted by Gasteiger charge is -2.17. The van der Waals surface area contributed by atoms with Crippen molar-refractivity contribution in [1.29, 1.82) is 0 Å². The maximum atomic E-state index is 13.0. The summed E-state index contributed by atoms with van der Waals surface area (Å²) in [4.78, 5) is 25.3. The molecule has 0 radical (unpaired) electrons. The number of carbonyl (C=O) groups excluding carboxylic acids is 1. The number of thiophene rings is 1. The zero-order chi connectivity index (χ0) is 20.6. The summed E-state index contributed by atoms with van der Waals surface area (Å²) in [5, 5.41) is 2.33. The maximum absolute atomic E-state index is 13.0. The summed E-state index contributed by atoms with van der Waals surface area (Å²) < 4.78 is 33.8. The summed E-state index contributed by atoms with van der Waals surface area (Å²) in [5.74, 6) is -0.520. The van der Waals surface area contributed by atoms with Gasteiger partial charge in [0, 0.05) is 36.1 Å². The van der Waals surface area contributed by atoms with Crippen molar-refractivity contribution in [2.75, 3.05) is 13.1 Å². The summed E-state index contributed by atoms with van der Waals surface area (Å²) >= 11 is 1.25. The fourth-order valence-electron chi connectivity index (χ4n) is 3.32. The standard InChI is InChI=1S/C19H19N3O5S2/c20-13-6-9-22(11-13)29(25,26)17-5-1-3-15-14(17)7-8-21(18(15)23)12-27-19(24)16-4-2-10-28-16/h1-5,7-8,10,13H,6,9,11-12,20H2/t13-/m0/s1. The molecule has 10 heteroatoms. The van der Waals surface area contributed by atoms with E-state index in [0.29, 0.717) is 23.2 Å². The van der Waals surface area contributed by atoms with Gasteiger partial charge in [0.2, 0.25) is 10.0 Å². The first-order chi connectivity index (χ1) is 13.9. The number of carbonyl (C=O) groups is 1. The summed E-state index contributed by atoms with van der Waals surface area (Å²) in [6.45, 7) is 0.355. The molecule has 0 unspecified atom stereocenters. The van der Waals surface area contributed by atoms with Crippen molar-refractivity contribution >= 4 is 38.1 Å². The van der Waals surface area contributed by atoms with Gasteiger partial charge in [-0.1, -0.05) is 12.1 Å². The quantitative estimate of drug-likeness (QED) is 0.612. The summed E-state index contributed by atoms with van der Waals surface area (Å²) in [6, 6.07) is 9.32. The highest BCUT2D eigenvalue weighted by atomic mass is 32.2. The molecule has 0 spiro atoms. The third kappa shape index (κ3) is 3.71. The predicted molar refractivity (Wildman–Crippen MR) is 109 cm³/mol. The molecule has 1 saturated heterocycles. The molecule has 0 bridgehead atoms. The number of hydrogen-bond acceptors (Lipinski definition) is 7. The van der Waals surface area contributed by atoms with Crippen LogP contribution in [0.3, 0.4) is 0 Å². The van der Waals surface area contributed by atoms with E-state index in [-0.39, 0.29) is 29.6 Å². The van der Waals surface area contributed by atoms with Crippen molar-refractivity contribution in [2.24, 2.45) is 5.73 Å². The van der Waals surface area contributed by atoms with Crippen molar-refractivity contribution < 1.29 is 17.9 Å². The molecule has 1 fully saturated rings. The largest absolute Gasteiger partial charge is 0.440 e. The molecular formula is C19H19N3O5S2. The third-order valence-electron chi connectivity index (χ3n) is 4.84. The SMILES string of the molecule is N[C@H]1CCN(S(=O)(=O)c2cccc3c(=O)n(COC(=O)c4cccs4)ccc23)C1. The van der Waals surface area contributed by atoms with Gasteiger partial charge >= 0.3 is 5.97 Å². The van der Waals surface area contributed by atoms with E-state index >= 15 is 0 Å². The van der Waals surface area contributed by atoms with Crippen LogP contribution in [0.15, 0.2) is 57.7 Å². The lowest BCUT2D eigenvalue weighted by atomic mass is 10.2. The van der Waals surface area contributed by atoms with Crippen LogP contribution >= 0.6 is 11.3 Å². The highest BCUT2D eigenvalue weighted by Gasteiger charge is 2.32. The highest BCUT2D eigenvalue weighted by Crippen LogP contribution is 2.26. The summed E-state index contributed by atoms with van der Waals surface area (Å²) in [7, 11) is -3.76. The van der Waals surface area contributed by atoms with Crippen molar-refractivity contribution in [3.8, 4) is 0 Å². The molecular weight excluding hydrogens is 414 g/mol. The molecule has 0 aliphatic carbocycles. The Hall–Kier alpha value is -2.53. The number of pyridine rings is 1. The van der Waals surface area contributed by atoms with E-state index in [0.717, 1.165) is 0 Å². The third-order valence-corrected chi connectivity index (χ3v) is 7.61. The topological polar surface area (TPSA) is 112 Å². The molecule has 8 nitrogen and oxygen atoms in total. The Morgan fingerprint density at radius 2 is 2.03 bits per heavy atom. The first-order valence-electron chi connectivity index (χ1n) is 8.96. The second-order valence-electron chi connectivity index (χ2n) is 6.76. The van der Waals surface area contributed by atoms with Crippen LogP contribution in [0, 0.1) is 0 Å². The Balaban J connectivity index is 1.66. The number of fused-ring (bicyclic) bond motifs is 1. The van der Waals surface area contributed by atoms with E-state index in [1.807, 2.05) is 0 Å². The summed E-state index contributed by atoms with van der Waals surface area (Å²) in [6.07, 6.45) is 2.04. The van der Waals surface area contributed by atoms with Crippen LogP contribution in [0.1, 0.15) is 16.1 Å². The molecule has 3 aromatic rings. The molecule has 2 N–H and O–H groups in total. The zero-order valence-corrected chi connectivity index (χ0v) is 17.0. The molecule has 1 aromatic carbocycles. The van der Waals surface area contributed by atoms with Gasteiger partial charge in [0.15, 0.2) is 6.73 Å². The Kier molecular flexibility index (Phi) is 5.26. The fourth-order valence-corrected chi connectivity index (χ4v) is 5.66. The minimum absolute atomic E-state index is 0.0731. The summed E-state index contributed by atoms with van der Waals surface area (Å²) in [5.41, 5.74) is 5.42. The molecule has 4 rings (SSSR count). The number of aromatic nitrogens is 1. The first kappa shape index (κ1) is 19.8. The molecule has 1 aliphatic rings. The van der Waals surface area contributed by atoms with Crippen LogP contribution in [0.25, 0.3) is 10.8 Å². The van der Waals surface area contributed by atoms with Crippen LogP contribution in [-0.4, -0.2) is 42.4 Å². The van der Waals surface area contributed by atoms with Crippen LogP contribution in [0.5, 0.6) is 0 Å². The average Bonchev–Trinajstić information content (AvgIpc) is 3.39. The zero-order valence-electron chi connectivity index (χ0n) is 15.4. The van der Waals surface area contributed by atoms with E-state index in [1.165, 1.54) is 38.5 Å². The monoisotopic (exact) mass is 433 g/mol. The van der Waals surface area contributed by atoms with E-state index < -0.39 is 21.6 Å². The number of benzene rings is 1. The van der Waals surface area contributed by atoms with Crippen molar-refractivity contribution in [2.45, 2.75) is 24.1 Å². The van der Waals surface area contributed by atoms with Crippen molar-refractivity contribution in [3.05, 3.63) is 63.2 Å². The average molecular weight is 434 g/mol. The van der Waals surface area contributed by atoms with Gasteiger partial charge in [0.05, 0.1) is 4.90 Å². The lowest BCUT2D eigenvalue weighted by molar-refractivity contribution is 0.0373. The molecule has 3 heterocycles. The molecule has 1 atom stereocenters. The number of esters is 1. The Morgan fingerprint density at radius 3 is 2.72 bits per heavy atom. The van der Waals surface area contributed by atoms with E-state index in [4.69, 9.17) is 10.5 Å². The van der Waals surface area contributed by atoms with E-state index in [1.54, 1.807) is 29.6 Å². The van der Waals surface area contributed by atoms with Gasteiger partial charge < -0.3 is 10.5 Å². The first-order valence-corrected chi connectivity index (χ1v) is 11.3. The normalized spacial score (nSPS) is 17.6. The number of nitrogens with two attached hydrogens (primary N) is 1. The lowest BCUT2D eigenvalue weighted by Crippen LogP contribution is -2.32. The van der Waals surface area contributed by atoms with Crippen LogP contribution in [0.4, 0.5) is 0 Å². The van der Waals surface area contributed by atoms with Crippen LogP contribution in [0.2, 0.25) is 0 Å². The number of hydrogen-bond donors (Lipinski definition) is 1. The van der Waals surface area contributed by atoms with Gasteiger partial charge in [0.25, 0.3) is 5.56 Å². The predicted octanol–water partition coefficient (Wildman–Crippen LogP) is 1.60. The molecule has 1 aliphatic heterocycles. The minimum atomic E-state index is -3.76. The molecule has 152 valence electrons. The number of nitrogens with zero attached hydrogens (tertiary/aromatic N) is 2. The van der Waals surface area contributed by atoms with Crippen LogP contribution in [-0.2, 0) is 21.5 Å². The maximum Gasteiger partial charge on any atom is 0.350 e. The second-order valence-corrected chi connectivity index (χ2v) is 9.61. The fraction of sp³-hybridized carbons (Fsp3) is 0.263. The molecule has 29 heavy (non-hydrogen) atoms. The van der Waals surface area contributed by atoms with Gasteiger partial charge in [-0.25, -0.2) is 13.2 Å². The van der Waals surface area contributed by atoms with Crippen LogP contribution < -0.4 is 11.3 Å².